The highest BCUT2D eigenvalue weighted by Crippen LogP contribution is 2.26. The van der Waals surface area contributed by atoms with Crippen molar-refractivity contribution in [2.24, 2.45) is 0 Å². The summed E-state index contributed by atoms with van der Waals surface area (Å²) in [5.74, 6) is 0.185. The van der Waals surface area contributed by atoms with Crippen molar-refractivity contribution >= 4 is 39.8 Å². The van der Waals surface area contributed by atoms with Gasteiger partial charge in [-0.15, -0.1) is 11.3 Å². The van der Waals surface area contributed by atoms with Gasteiger partial charge >= 0.3 is 6.03 Å². The van der Waals surface area contributed by atoms with Crippen LogP contribution in [0.4, 0.5) is 21.3 Å². The number of ether oxygens (including phenoxy) is 1. The van der Waals surface area contributed by atoms with Gasteiger partial charge in [0, 0.05) is 11.1 Å². The van der Waals surface area contributed by atoms with Crippen LogP contribution in [0.2, 0.25) is 0 Å². The van der Waals surface area contributed by atoms with Crippen molar-refractivity contribution in [1.82, 2.24) is 4.98 Å². The fraction of sp³-hybridized carbons (Fsp3) is 0.150. The van der Waals surface area contributed by atoms with E-state index >= 15 is 0 Å². The Morgan fingerprint density at radius 1 is 0.964 bits per heavy atom. The van der Waals surface area contributed by atoms with E-state index in [9.17, 15) is 9.59 Å². The van der Waals surface area contributed by atoms with Crippen molar-refractivity contribution in [2.75, 3.05) is 23.1 Å². The van der Waals surface area contributed by atoms with Crippen LogP contribution in [0.3, 0.4) is 0 Å². The molecule has 0 radical (unpaired) electrons. The van der Waals surface area contributed by atoms with E-state index in [2.05, 4.69) is 20.9 Å². The van der Waals surface area contributed by atoms with E-state index in [-0.39, 0.29) is 11.6 Å². The molecule has 3 N–H and O–H groups in total. The normalized spacial score (nSPS) is 10.2. The van der Waals surface area contributed by atoms with E-state index in [1.54, 1.807) is 18.6 Å². The molecule has 0 bridgehead atoms. The summed E-state index contributed by atoms with van der Waals surface area (Å²) >= 11 is 1.17. The third kappa shape index (κ3) is 4.86. The standard InChI is InChI=1S/C20H20N4O3S/c1-12-4-7-14(8-5-12)21-19(26)24-20-23-16(11-28-20)18(25)22-15-9-6-13(2)10-17(15)27-3/h4-11H,1-3H3,(H,22,25)(H2,21,23,24,26). The van der Waals surface area contributed by atoms with Gasteiger partial charge in [0.25, 0.3) is 5.91 Å². The van der Waals surface area contributed by atoms with Gasteiger partial charge in [0.15, 0.2) is 5.13 Å². The molecule has 28 heavy (non-hydrogen) atoms. The Morgan fingerprint density at radius 2 is 1.68 bits per heavy atom. The highest BCUT2D eigenvalue weighted by Gasteiger charge is 2.14. The van der Waals surface area contributed by atoms with Gasteiger partial charge in [-0.3, -0.25) is 10.1 Å². The molecular weight excluding hydrogens is 376 g/mol. The maximum atomic E-state index is 12.4. The van der Waals surface area contributed by atoms with E-state index < -0.39 is 6.03 Å². The highest BCUT2D eigenvalue weighted by molar-refractivity contribution is 7.14. The van der Waals surface area contributed by atoms with Crippen molar-refractivity contribution in [3.8, 4) is 5.75 Å². The third-order valence-electron chi connectivity index (χ3n) is 3.87. The molecule has 3 aromatic rings. The summed E-state index contributed by atoms with van der Waals surface area (Å²) in [6.45, 7) is 3.91. The number of anilines is 3. The summed E-state index contributed by atoms with van der Waals surface area (Å²) in [7, 11) is 1.54. The van der Waals surface area contributed by atoms with Crippen LogP contribution in [0, 0.1) is 13.8 Å². The van der Waals surface area contributed by atoms with Crippen molar-refractivity contribution < 1.29 is 14.3 Å². The van der Waals surface area contributed by atoms with Gasteiger partial charge < -0.3 is 15.4 Å². The molecular formula is C20H20N4O3S. The van der Waals surface area contributed by atoms with E-state index in [1.165, 1.54) is 11.3 Å². The van der Waals surface area contributed by atoms with Crippen molar-refractivity contribution in [1.29, 1.82) is 0 Å². The maximum absolute atomic E-state index is 12.4. The van der Waals surface area contributed by atoms with Gasteiger partial charge in [-0.1, -0.05) is 23.8 Å². The zero-order valence-electron chi connectivity index (χ0n) is 15.7. The number of nitrogens with one attached hydrogen (secondary N) is 3. The number of benzene rings is 2. The summed E-state index contributed by atoms with van der Waals surface area (Å²) in [6.07, 6.45) is 0. The molecule has 0 saturated heterocycles. The first-order valence-electron chi connectivity index (χ1n) is 8.51. The number of thiazole rings is 1. The predicted molar refractivity (Wildman–Crippen MR) is 112 cm³/mol. The Balaban J connectivity index is 1.62. The number of urea groups is 1. The van der Waals surface area contributed by atoms with Crippen LogP contribution in [0.5, 0.6) is 5.75 Å². The van der Waals surface area contributed by atoms with E-state index in [1.807, 2.05) is 50.2 Å². The zero-order valence-corrected chi connectivity index (χ0v) is 16.5. The molecule has 0 fully saturated rings. The van der Waals surface area contributed by atoms with Crippen LogP contribution in [0.25, 0.3) is 0 Å². The fourth-order valence-corrected chi connectivity index (χ4v) is 3.11. The number of rotatable bonds is 5. The quantitative estimate of drug-likeness (QED) is 0.585. The van der Waals surface area contributed by atoms with Crippen LogP contribution in [-0.4, -0.2) is 24.0 Å². The van der Waals surface area contributed by atoms with Crippen LogP contribution in [0.1, 0.15) is 21.6 Å². The van der Waals surface area contributed by atoms with Crippen LogP contribution in [-0.2, 0) is 0 Å². The molecule has 0 aliphatic heterocycles. The maximum Gasteiger partial charge on any atom is 0.325 e. The smallest absolute Gasteiger partial charge is 0.325 e. The van der Waals surface area contributed by atoms with Crippen molar-refractivity contribution in [3.05, 3.63) is 64.7 Å². The molecule has 0 atom stereocenters. The lowest BCUT2D eigenvalue weighted by Gasteiger charge is -2.10. The molecule has 2 aromatic carbocycles. The SMILES string of the molecule is COc1cc(C)ccc1NC(=O)c1csc(NC(=O)Nc2ccc(C)cc2)n1. The summed E-state index contributed by atoms with van der Waals surface area (Å²) < 4.78 is 5.29. The van der Waals surface area contributed by atoms with E-state index in [0.717, 1.165) is 11.1 Å². The summed E-state index contributed by atoms with van der Waals surface area (Å²) in [5, 5.41) is 10.0. The first-order chi connectivity index (χ1) is 13.4. The summed E-state index contributed by atoms with van der Waals surface area (Å²) in [6, 6.07) is 12.5. The highest BCUT2D eigenvalue weighted by atomic mass is 32.1. The number of aromatic nitrogens is 1. The average Bonchev–Trinajstić information content (AvgIpc) is 3.13. The number of carbonyl (C=O) groups excluding carboxylic acids is 2. The number of carbonyl (C=O) groups is 2. The topological polar surface area (TPSA) is 92.4 Å². The Bertz CT molecular complexity index is 999. The average molecular weight is 396 g/mol. The minimum absolute atomic E-state index is 0.207. The second-order valence-electron chi connectivity index (χ2n) is 6.14. The number of hydrogen-bond acceptors (Lipinski definition) is 5. The minimum Gasteiger partial charge on any atom is -0.495 e. The Hall–Kier alpha value is -3.39. The van der Waals surface area contributed by atoms with Crippen molar-refractivity contribution in [2.45, 2.75) is 13.8 Å². The first kappa shape index (κ1) is 19.4. The molecule has 7 nitrogen and oxygen atoms in total. The van der Waals surface area contributed by atoms with Crippen molar-refractivity contribution in [3.63, 3.8) is 0 Å². The first-order valence-corrected chi connectivity index (χ1v) is 9.39. The second-order valence-corrected chi connectivity index (χ2v) is 7.00. The third-order valence-corrected chi connectivity index (χ3v) is 4.63. The molecule has 0 spiro atoms. The van der Waals surface area contributed by atoms with Crippen LogP contribution < -0.4 is 20.7 Å². The van der Waals surface area contributed by atoms with E-state index in [0.29, 0.717) is 22.3 Å². The van der Waals surface area contributed by atoms with Gasteiger partial charge in [-0.05, 0) is 43.7 Å². The molecule has 0 aliphatic carbocycles. The molecule has 144 valence electrons. The van der Waals surface area contributed by atoms with Gasteiger partial charge in [-0.2, -0.15) is 0 Å². The van der Waals surface area contributed by atoms with Gasteiger partial charge in [0.2, 0.25) is 0 Å². The minimum atomic E-state index is -0.426. The lowest BCUT2D eigenvalue weighted by molar-refractivity contribution is 0.102. The second kappa shape index (κ2) is 8.53. The molecule has 0 aliphatic rings. The summed E-state index contributed by atoms with van der Waals surface area (Å²) in [5.41, 5.74) is 3.56. The number of aryl methyl sites for hydroxylation is 2. The monoisotopic (exact) mass is 396 g/mol. The van der Waals surface area contributed by atoms with Crippen LogP contribution >= 0.6 is 11.3 Å². The number of nitrogens with zero attached hydrogens (tertiary/aromatic N) is 1. The molecule has 3 rings (SSSR count). The number of hydrogen-bond donors (Lipinski definition) is 3. The Morgan fingerprint density at radius 3 is 2.39 bits per heavy atom. The molecule has 0 saturated carbocycles. The molecule has 1 aromatic heterocycles. The predicted octanol–water partition coefficient (Wildman–Crippen LogP) is 4.66. The fourth-order valence-electron chi connectivity index (χ4n) is 2.42. The largest absolute Gasteiger partial charge is 0.495 e. The van der Waals surface area contributed by atoms with Gasteiger partial charge in [0.1, 0.15) is 11.4 Å². The molecule has 8 heteroatoms. The lowest BCUT2D eigenvalue weighted by atomic mass is 10.2. The van der Waals surface area contributed by atoms with Gasteiger partial charge in [0.05, 0.1) is 12.8 Å². The van der Waals surface area contributed by atoms with Crippen LogP contribution in [0.15, 0.2) is 47.8 Å². The zero-order chi connectivity index (χ0) is 20.1. The Labute approximate surface area is 166 Å². The summed E-state index contributed by atoms with van der Waals surface area (Å²) in [4.78, 5) is 28.7. The molecule has 0 unspecified atom stereocenters. The molecule has 3 amide bonds. The Kier molecular flexibility index (Phi) is 5.90. The number of amides is 3. The van der Waals surface area contributed by atoms with E-state index in [4.69, 9.17) is 4.74 Å². The number of methoxy groups -OCH3 is 1. The lowest BCUT2D eigenvalue weighted by Crippen LogP contribution is -2.19. The molecule has 1 heterocycles. The van der Waals surface area contributed by atoms with Gasteiger partial charge in [-0.25, -0.2) is 9.78 Å².